The van der Waals surface area contributed by atoms with Gasteiger partial charge >= 0.3 is 0 Å². The summed E-state index contributed by atoms with van der Waals surface area (Å²) in [6.45, 7) is 0. The van der Waals surface area contributed by atoms with Gasteiger partial charge in [-0.3, -0.25) is 10.5 Å². The fraction of sp³-hybridized carbons (Fsp3) is 0.167. The minimum atomic E-state index is -0.712. The van der Waals surface area contributed by atoms with Gasteiger partial charge in [0.2, 0.25) is 0 Å². The molecule has 0 aromatic heterocycles. The first-order valence-electron chi connectivity index (χ1n) is 2.55. The van der Waals surface area contributed by atoms with Gasteiger partial charge in [-0.1, -0.05) is 6.08 Å². The van der Waals surface area contributed by atoms with Gasteiger partial charge in [-0.2, -0.15) is 0 Å². The highest BCUT2D eigenvalue weighted by Gasteiger charge is 2.12. The van der Waals surface area contributed by atoms with E-state index in [1.54, 1.807) is 12.2 Å². The summed E-state index contributed by atoms with van der Waals surface area (Å²) in [6.07, 6.45) is 5.60. The molecule has 1 aliphatic heterocycles. The second-order valence-corrected chi connectivity index (χ2v) is 1.63. The highest BCUT2D eigenvalue weighted by atomic mass is 16.5. The molecule has 1 heterocycles. The average molecular weight is 124 g/mol. The Balaban J connectivity index is 2.56. The van der Waals surface area contributed by atoms with Crippen molar-refractivity contribution in [1.82, 2.24) is 5.73 Å². The number of carbonyl (C=O) groups is 1. The van der Waals surface area contributed by atoms with Gasteiger partial charge in [-0.15, -0.1) is 0 Å². The lowest BCUT2D eigenvalue weighted by molar-refractivity contribution is -0.124. The minimum absolute atomic E-state index is 0.685. The highest BCUT2D eigenvalue weighted by Crippen LogP contribution is 2.00. The molecule has 1 N–H and O–H groups in total. The molecule has 1 aliphatic rings. The zero-order valence-corrected chi connectivity index (χ0v) is 4.70. The molecular formula is C6H6NO2. The molecule has 9 heavy (non-hydrogen) atoms. The van der Waals surface area contributed by atoms with Crippen LogP contribution in [0.4, 0.5) is 0 Å². The van der Waals surface area contributed by atoms with Crippen LogP contribution >= 0.6 is 0 Å². The van der Waals surface area contributed by atoms with E-state index in [0.29, 0.717) is 0 Å². The van der Waals surface area contributed by atoms with Crippen LogP contribution in [-0.4, -0.2) is 12.0 Å². The molecule has 1 rings (SSSR count). The van der Waals surface area contributed by atoms with Crippen molar-refractivity contribution < 1.29 is 9.53 Å². The summed E-state index contributed by atoms with van der Waals surface area (Å²) >= 11 is 0. The number of rotatable bonds is 1. The van der Waals surface area contributed by atoms with Crippen LogP contribution in [0.2, 0.25) is 0 Å². The predicted octanol–water partition coefficient (Wildman–Crippen LogP) is 0.265. The summed E-state index contributed by atoms with van der Waals surface area (Å²) in [5, 5.41) is 0. The summed E-state index contributed by atoms with van der Waals surface area (Å²) in [6, 6.07) is 0. The number of carbonyl (C=O) groups excluding carboxylic acids is 1. The molecule has 1 amide bonds. The molecule has 0 aliphatic carbocycles. The first-order chi connectivity index (χ1) is 4.30. The van der Waals surface area contributed by atoms with E-state index < -0.39 is 12.0 Å². The summed E-state index contributed by atoms with van der Waals surface area (Å²) in [5.41, 5.74) is 6.62. The van der Waals surface area contributed by atoms with E-state index >= 15 is 0 Å². The van der Waals surface area contributed by atoms with Crippen LogP contribution in [0.25, 0.3) is 0 Å². The van der Waals surface area contributed by atoms with E-state index in [9.17, 15) is 4.79 Å². The van der Waals surface area contributed by atoms with E-state index in [2.05, 4.69) is 0 Å². The SMILES string of the molecule is [NH]C(=O)C1C=CC=CO1. The zero-order chi connectivity index (χ0) is 6.69. The molecular weight excluding hydrogens is 118 g/mol. The van der Waals surface area contributed by atoms with Gasteiger partial charge in [0.15, 0.2) is 6.10 Å². The van der Waals surface area contributed by atoms with Crippen molar-refractivity contribution in [1.29, 1.82) is 0 Å². The molecule has 0 saturated heterocycles. The molecule has 3 heteroatoms. The Labute approximate surface area is 52.8 Å². The molecule has 0 fully saturated rings. The Bertz CT molecular complexity index is 172. The number of nitrogens with one attached hydrogen (secondary N) is 1. The van der Waals surface area contributed by atoms with Crippen LogP contribution < -0.4 is 5.73 Å². The van der Waals surface area contributed by atoms with Crippen LogP contribution in [0, 0.1) is 0 Å². The molecule has 47 valence electrons. The molecule has 0 spiro atoms. The first-order valence-corrected chi connectivity index (χ1v) is 2.55. The van der Waals surface area contributed by atoms with Crippen molar-refractivity contribution in [2.45, 2.75) is 6.10 Å². The second kappa shape index (κ2) is 2.35. The van der Waals surface area contributed by atoms with Gasteiger partial charge in [-0.25, -0.2) is 0 Å². The fourth-order valence-electron chi connectivity index (χ4n) is 0.535. The monoisotopic (exact) mass is 124 g/mol. The lowest BCUT2D eigenvalue weighted by Gasteiger charge is -2.08. The van der Waals surface area contributed by atoms with Crippen molar-refractivity contribution in [3.63, 3.8) is 0 Å². The number of hydrogen-bond acceptors (Lipinski definition) is 2. The van der Waals surface area contributed by atoms with Crippen LogP contribution in [0.3, 0.4) is 0 Å². The summed E-state index contributed by atoms with van der Waals surface area (Å²) < 4.78 is 4.73. The second-order valence-electron chi connectivity index (χ2n) is 1.63. The third kappa shape index (κ3) is 1.32. The van der Waals surface area contributed by atoms with Gasteiger partial charge in [-0.05, 0) is 12.2 Å². The van der Waals surface area contributed by atoms with Gasteiger partial charge in [0.25, 0.3) is 5.91 Å². The van der Waals surface area contributed by atoms with Crippen LogP contribution in [0.5, 0.6) is 0 Å². The van der Waals surface area contributed by atoms with Crippen molar-refractivity contribution >= 4 is 5.91 Å². The van der Waals surface area contributed by atoms with Gasteiger partial charge in [0.1, 0.15) is 0 Å². The standard InChI is InChI=1S/C6H6NO2/c7-6(8)5-3-1-2-4-9-5/h1-5,7H. The Morgan fingerprint density at radius 1 is 1.56 bits per heavy atom. The van der Waals surface area contributed by atoms with Gasteiger partial charge in [0.05, 0.1) is 6.26 Å². The Hall–Kier alpha value is -1.25. The Morgan fingerprint density at radius 3 is 2.67 bits per heavy atom. The van der Waals surface area contributed by atoms with E-state index in [1.165, 1.54) is 12.3 Å². The molecule has 0 aromatic rings. The molecule has 1 unspecified atom stereocenters. The summed E-state index contributed by atoms with van der Waals surface area (Å²) in [7, 11) is 0. The van der Waals surface area contributed by atoms with E-state index in [0.717, 1.165) is 0 Å². The first kappa shape index (κ1) is 5.88. The van der Waals surface area contributed by atoms with Crippen molar-refractivity contribution in [2.75, 3.05) is 0 Å². The largest absolute Gasteiger partial charge is 0.484 e. The molecule has 0 bridgehead atoms. The Morgan fingerprint density at radius 2 is 2.33 bits per heavy atom. The minimum Gasteiger partial charge on any atom is -0.484 e. The summed E-state index contributed by atoms with van der Waals surface area (Å²) in [4.78, 5) is 10.3. The molecule has 1 radical (unpaired) electrons. The molecule has 0 aromatic carbocycles. The summed E-state index contributed by atoms with van der Waals surface area (Å²) in [5.74, 6) is -0.712. The van der Waals surface area contributed by atoms with Crippen LogP contribution in [0.15, 0.2) is 24.5 Å². The van der Waals surface area contributed by atoms with E-state index in [-0.39, 0.29) is 0 Å². The van der Waals surface area contributed by atoms with E-state index in [1.807, 2.05) is 0 Å². The zero-order valence-electron chi connectivity index (χ0n) is 4.70. The molecule has 0 saturated carbocycles. The molecule has 3 nitrogen and oxygen atoms in total. The van der Waals surface area contributed by atoms with E-state index in [4.69, 9.17) is 10.5 Å². The number of hydrogen-bond donors (Lipinski definition) is 0. The lowest BCUT2D eigenvalue weighted by atomic mass is 10.3. The average Bonchev–Trinajstić information content (AvgIpc) is 1.90. The highest BCUT2D eigenvalue weighted by molar-refractivity contribution is 5.80. The normalized spacial score (nSPS) is 23.3. The van der Waals surface area contributed by atoms with Crippen molar-refractivity contribution in [2.24, 2.45) is 0 Å². The quantitative estimate of drug-likeness (QED) is 0.503. The number of ether oxygens (including phenoxy) is 1. The Kier molecular flexibility index (Phi) is 1.53. The van der Waals surface area contributed by atoms with Crippen LogP contribution in [0.1, 0.15) is 0 Å². The smallest absolute Gasteiger partial charge is 0.283 e. The lowest BCUT2D eigenvalue weighted by Crippen LogP contribution is -2.21. The fourth-order valence-corrected chi connectivity index (χ4v) is 0.535. The van der Waals surface area contributed by atoms with Gasteiger partial charge in [0, 0.05) is 0 Å². The van der Waals surface area contributed by atoms with Crippen molar-refractivity contribution in [3.8, 4) is 0 Å². The third-order valence-corrected chi connectivity index (χ3v) is 0.959. The topological polar surface area (TPSA) is 50.1 Å². The van der Waals surface area contributed by atoms with Crippen LogP contribution in [-0.2, 0) is 9.53 Å². The number of allylic oxidation sites excluding steroid dienone is 2. The maximum absolute atomic E-state index is 10.3. The third-order valence-electron chi connectivity index (χ3n) is 0.959. The molecule has 1 atom stereocenters. The maximum atomic E-state index is 10.3. The number of amides is 1. The maximum Gasteiger partial charge on any atom is 0.283 e. The van der Waals surface area contributed by atoms with Crippen molar-refractivity contribution in [3.05, 3.63) is 24.5 Å². The predicted molar refractivity (Wildman–Crippen MR) is 31.3 cm³/mol. The van der Waals surface area contributed by atoms with Gasteiger partial charge < -0.3 is 4.74 Å².